The first-order valence-electron chi connectivity index (χ1n) is 16.1. The van der Waals surface area contributed by atoms with Gasteiger partial charge in [0.15, 0.2) is 0 Å². The number of carbonyl (C=O) groups is 2. The van der Waals surface area contributed by atoms with Crippen molar-refractivity contribution in [2.24, 2.45) is 5.92 Å². The number of aryl methyl sites for hydroxylation is 1. The largest absolute Gasteiger partial charge is 0.507 e. The minimum absolute atomic E-state index is 0.0682. The third kappa shape index (κ3) is 4.81. The Morgan fingerprint density at radius 2 is 1.84 bits per heavy atom. The fourth-order valence-corrected chi connectivity index (χ4v) is 8.37. The lowest BCUT2D eigenvalue weighted by Crippen LogP contribution is -2.73. The van der Waals surface area contributed by atoms with E-state index in [4.69, 9.17) is 4.74 Å². The molecule has 7 heteroatoms. The number of aliphatic hydroxyl groups is 1. The molecule has 3 N–H and O–H groups in total. The number of ketones is 1. The van der Waals surface area contributed by atoms with Gasteiger partial charge in [-0.2, -0.15) is 0 Å². The molecule has 1 amide bonds. The quantitative estimate of drug-likeness (QED) is 0.335. The molecule has 7 nitrogen and oxygen atoms in total. The SMILES string of the molecule is COc1ccc(-c2ccc(CCNC(=O)c3ccc4c(c3O)[C@]35CCN(CC6CC6)[C@H](C4)C3(O)CCC(=O)C5)cc2)cc1C. The number of rotatable bonds is 8. The van der Waals surface area contributed by atoms with Crippen LogP contribution < -0.4 is 10.1 Å². The first-order chi connectivity index (χ1) is 21.2. The molecule has 3 aromatic carbocycles. The third-order valence-electron chi connectivity index (χ3n) is 10.9. The highest BCUT2D eigenvalue weighted by Gasteiger charge is 2.65. The summed E-state index contributed by atoms with van der Waals surface area (Å²) in [5.41, 5.74) is 4.27. The Morgan fingerprint density at radius 1 is 1.07 bits per heavy atom. The van der Waals surface area contributed by atoms with Crippen molar-refractivity contribution < 1.29 is 24.5 Å². The molecule has 3 fully saturated rings. The lowest BCUT2D eigenvalue weighted by Gasteiger charge is -2.63. The number of amides is 1. The number of phenols is 1. The number of fused-ring (bicyclic) bond motifs is 1. The van der Waals surface area contributed by atoms with Crippen LogP contribution >= 0.6 is 0 Å². The van der Waals surface area contributed by atoms with Gasteiger partial charge in [0, 0.05) is 43.0 Å². The summed E-state index contributed by atoms with van der Waals surface area (Å²) in [6.07, 6.45) is 5.36. The van der Waals surface area contributed by atoms with E-state index in [-0.39, 0.29) is 35.5 Å². The molecule has 7 rings (SSSR count). The minimum atomic E-state index is -1.09. The van der Waals surface area contributed by atoms with Crippen LogP contribution in [-0.2, 0) is 23.1 Å². The molecule has 0 aromatic heterocycles. The number of nitrogens with one attached hydrogen (secondary N) is 1. The Morgan fingerprint density at radius 3 is 2.57 bits per heavy atom. The van der Waals surface area contributed by atoms with E-state index in [9.17, 15) is 19.8 Å². The maximum atomic E-state index is 13.4. The van der Waals surface area contributed by atoms with Crippen LogP contribution in [0.4, 0.5) is 0 Å². The van der Waals surface area contributed by atoms with E-state index in [0.29, 0.717) is 50.1 Å². The second-order valence-corrected chi connectivity index (χ2v) is 13.5. The summed E-state index contributed by atoms with van der Waals surface area (Å²) >= 11 is 0. The van der Waals surface area contributed by atoms with E-state index < -0.39 is 11.0 Å². The Kier molecular flexibility index (Phi) is 7.29. The summed E-state index contributed by atoms with van der Waals surface area (Å²) in [5.74, 6) is 1.28. The van der Waals surface area contributed by atoms with Crippen molar-refractivity contribution in [3.63, 3.8) is 0 Å². The Bertz CT molecular complexity index is 1610. The molecular formula is C37H42N2O5. The Labute approximate surface area is 259 Å². The summed E-state index contributed by atoms with van der Waals surface area (Å²) in [4.78, 5) is 28.7. The van der Waals surface area contributed by atoms with Gasteiger partial charge in [0.2, 0.25) is 0 Å². The van der Waals surface area contributed by atoms with E-state index in [1.165, 1.54) is 12.8 Å². The normalized spacial score (nSPS) is 26.1. The third-order valence-corrected chi connectivity index (χ3v) is 10.9. The van der Waals surface area contributed by atoms with Gasteiger partial charge in [0.05, 0.1) is 18.3 Å². The smallest absolute Gasteiger partial charge is 0.255 e. The highest BCUT2D eigenvalue weighted by molar-refractivity contribution is 5.98. The highest BCUT2D eigenvalue weighted by Crippen LogP contribution is 2.60. The summed E-state index contributed by atoms with van der Waals surface area (Å²) < 4.78 is 5.38. The topological polar surface area (TPSA) is 99.1 Å². The van der Waals surface area contributed by atoms with Crippen molar-refractivity contribution in [3.8, 4) is 22.6 Å². The van der Waals surface area contributed by atoms with E-state index in [1.54, 1.807) is 13.2 Å². The molecular weight excluding hydrogens is 552 g/mol. The molecule has 1 aliphatic heterocycles. The van der Waals surface area contributed by atoms with Gasteiger partial charge in [-0.1, -0.05) is 36.4 Å². The number of nitrogens with zero attached hydrogens (tertiary/aromatic N) is 1. The summed E-state index contributed by atoms with van der Waals surface area (Å²) in [6, 6.07) is 18.0. The Balaban J connectivity index is 1.08. The number of hydrogen-bond donors (Lipinski definition) is 3. The van der Waals surface area contributed by atoms with Crippen molar-refractivity contribution in [1.29, 1.82) is 0 Å². The van der Waals surface area contributed by atoms with Crippen LogP contribution in [0.5, 0.6) is 11.5 Å². The van der Waals surface area contributed by atoms with Gasteiger partial charge in [-0.05, 0) is 104 Å². The number of methoxy groups -OCH3 is 1. The lowest BCUT2D eigenvalue weighted by atomic mass is 9.49. The van der Waals surface area contributed by atoms with E-state index in [2.05, 4.69) is 40.5 Å². The number of likely N-dealkylation sites (tertiary alicyclic amines) is 1. The monoisotopic (exact) mass is 594 g/mol. The molecule has 0 spiro atoms. The lowest BCUT2D eigenvalue weighted by molar-refractivity contribution is -0.173. The van der Waals surface area contributed by atoms with Gasteiger partial charge in [0.25, 0.3) is 5.91 Å². The van der Waals surface area contributed by atoms with Crippen molar-refractivity contribution in [2.45, 2.75) is 75.3 Å². The first-order valence-corrected chi connectivity index (χ1v) is 16.1. The molecule has 3 aromatic rings. The predicted molar refractivity (Wildman–Crippen MR) is 169 cm³/mol. The molecule has 2 bridgehead atoms. The summed E-state index contributed by atoms with van der Waals surface area (Å²) in [5, 5.41) is 27.0. The molecule has 4 aliphatic rings. The van der Waals surface area contributed by atoms with Crippen LogP contribution in [0.1, 0.15) is 71.1 Å². The van der Waals surface area contributed by atoms with Crippen LogP contribution in [0.3, 0.4) is 0 Å². The highest BCUT2D eigenvalue weighted by atomic mass is 16.5. The van der Waals surface area contributed by atoms with E-state index >= 15 is 0 Å². The van der Waals surface area contributed by atoms with Gasteiger partial charge in [-0.3, -0.25) is 14.5 Å². The fourth-order valence-electron chi connectivity index (χ4n) is 8.37. The number of ether oxygens (including phenoxy) is 1. The zero-order chi connectivity index (χ0) is 30.6. The molecule has 3 atom stereocenters. The Hall–Kier alpha value is -3.68. The van der Waals surface area contributed by atoms with Gasteiger partial charge < -0.3 is 20.3 Å². The molecule has 2 saturated carbocycles. The van der Waals surface area contributed by atoms with Crippen LogP contribution in [0.25, 0.3) is 11.1 Å². The molecule has 1 heterocycles. The van der Waals surface area contributed by atoms with Crippen molar-refractivity contribution in [1.82, 2.24) is 10.2 Å². The van der Waals surface area contributed by atoms with E-state index in [0.717, 1.165) is 46.7 Å². The number of piperidine rings is 1. The molecule has 3 aliphatic carbocycles. The fraction of sp³-hybridized carbons (Fsp3) is 0.459. The first kappa shape index (κ1) is 29.1. The maximum Gasteiger partial charge on any atom is 0.255 e. The number of carbonyl (C=O) groups excluding carboxylic acids is 2. The van der Waals surface area contributed by atoms with Crippen molar-refractivity contribution in [2.75, 3.05) is 26.7 Å². The molecule has 1 saturated heterocycles. The number of hydrogen-bond acceptors (Lipinski definition) is 6. The number of benzene rings is 3. The van der Waals surface area contributed by atoms with Crippen molar-refractivity contribution >= 4 is 11.7 Å². The zero-order valence-corrected chi connectivity index (χ0v) is 25.7. The average Bonchev–Trinajstić information content (AvgIpc) is 3.83. The zero-order valence-electron chi connectivity index (χ0n) is 25.7. The van der Waals surface area contributed by atoms with Crippen LogP contribution in [-0.4, -0.2) is 65.2 Å². The summed E-state index contributed by atoms with van der Waals surface area (Å²) in [7, 11) is 1.67. The second kappa shape index (κ2) is 11.0. The van der Waals surface area contributed by atoms with Crippen LogP contribution in [0.2, 0.25) is 0 Å². The maximum absolute atomic E-state index is 13.4. The van der Waals surface area contributed by atoms with Crippen LogP contribution in [0, 0.1) is 12.8 Å². The van der Waals surface area contributed by atoms with Gasteiger partial charge in [0.1, 0.15) is 17.3 Å². The molecule has 44 heavy (non-hydrogen) atoms. The standard InChI is InChI=1S/C37H42N2O5/c1-23-19-27(10-12-31(23)44-2)26-7-5-24(6-8-26)14-17-38-35(42)30-11-9-28-20-32-37(43)15-13-29(40)21-36(37,33(28)34(30)41)16-18-39(32)22-25-3-4-25/h5-12,19,25,32,41,43H,3-4,13-18,20-22H2,1-2H3,(H,38,42)/t32-,36-,37?/m1/s1. The van der Waals surface area contributed by atoms with Gasteiger partial charge >= 0.3 is 0 Å². The number of phenolic OH excluding ortho intramolecular Hbond substituents is 1. The molecule has 1 unspecified atom stereocenters. The number of Topliss-reactive ketones (excluding diaryl/α,β-unsaturated/α-hetero) is 1. The van der Waals surface area contributed by atoms with Gasteiger partial charge in [-0.15, -0.1) is 0 Å². The van der Waals surface area contributed by atoms with Gasteiger partial charge in [-0.25, -0.2) is 0 Å². The predicted octanol–water partition coefficient (Wildman–Crippen LogP) is 5.11. The summed E-state index contributed by atoms with van der Waals surface area (Å²) in [6.45, 7) is 4.23. The number of aromatic hydroxyl groups is 1. The molecule has 0 radical (unpaired) electrons. The second-order valence-electron chi connectivity index (χ2n) is 13.5. The average molecular weight is 595 g/mol. The van der Waals surface area contributed by atoms with Crippen LogP contribution in [0.15, 0.2) is 54.6 Å². The minimum Gasteiger partial charge on any atom is -0.507 e. The van der Waals surface area contributed by atoms with Crippen molar-refractivity contribution in [3.05, 3.63) is 82.4 Å². The molecule has 230 valence electrons. The van der Waals surface area contributed by atoms with E-state index in [1.807, 2.05) is 25.1 Å².